The molecule has 0 spiro atoms. The number of hydrogen-bond donors (Lipinski definition) is 1. The van der Waals surface area contributed by atoms with Crippen molar-refractivity contribution in [1.82, 2.24) is 25.1 Å². The van der Waals surface area contributed by atoms with Crippen LogP contribution in [0.1, 0.15) is 34.7 Å². The summed E-state index contributed by atoms with van der Waals surface area (Å²) in [5, 5.41) is 16.6. The first-order valence-electron chi connectivity index (χ1n) is 7.51. The Morgan fingerprint density at radius 2 is 1.93 bits per heavy atom. The molecule has 3 rings (SSSR count). The molecule has 0 aliphatic rings. The molecule has 1 atom stereocenters. The van der Waals surface area contributed by atoms with E-state index in [1.807, 2.05) is 6.07 Å². The summed E-state index contributed by atoms with van der Waals surface area (Å²) in [7, 11) is 0. The molecule has 27 heavy (non-hydrogen) atoms. The molecule has 1 N–H and O–H groups in total. The summed E-state index contributed by atoms with van der Waals surface area (Å²) in [6, 6.07) is 9.44. The maximum atomic E-state index is 12.4. The minimum absolute atomic E-state index is 0. The Bertz CT molecular complexity index is 979. The Kier molecular flexibility index (Phi) is 6.80. The maximum Gasteiger partial charge on any atom is 0.251 e. The molecular formula is C17H14Cl2N6OS. The van der Waals surface area contributed by atoms with Crippen LogP contribution in [0.5, 0.6) is 0 Å². The Morgan fingerprint density at radius 1 is 1.22 bits per heavy atom. The number of rotatable bonds is 4. The molecule has 2 aromatic heterocycles. The second-order valence-electron chi connectivity index (χ2n) is 5.40. The van der Waals surface area contributed by atoms with E-state index in [1.54, 1.807) is 25.1 Å². The van der Waals surface area contributed by atoms with Crippen molar-refractivity contribution in [3.05, 3.63) is 69.9 Å². The van der Waals surface area contributed by atoms with Crippen molar-refractivity contribution in [1.29, 1.82) is 5.26 Å². The number of nitrogens with one attached hydrogen (secondary N) is 1. The molecule has 0 saturated carbocycles. The molecule has 138 valence electrons. The molecule has 1 aromatic carbocycles. The van der Waals surface area contributed by atoms with Crippen LogP contribution in [0.4, 0.5) is 0 Å². The lowest BCUT2D eigenvalue weighted by Crippen LogP contribution is -2.28. The Labute approximate surface area is 172 Å². The maximum absolute atomic E-state index is 12.4. The van der Waals surface area contributed by atoms with Crippen LogP contribution in [0.25, 0.3) is 5.82 Å². The second-order valence-corrected chi connectivity index (χ2v) is 6.27. The van der Waals surface area contributed by atoms with E-state index in [2.05, 4.69) is 20.4 Å². The number of carbonyl (C=O) groups is 1. The minimum atomic E-state index is -0.458. The highest BCUT2D eigenvalue weighted by atomic mass is 35.5. The fourth-order valence-corrected chi connectivity index (χ4v) is 2.86. The lowest BCUT2D eigenvalue weighted by Gasteiger charge is -2.14. The lowest BCUT2D eigenvalue weighted by atomic mass is 10.2. The highest BCUT2D eigenvalue weighted by Gasteiger charge is 2.18. The Balaban J connectivity index is 0.00000261. The standard InChI is InChI=1S/C17H12Cl2N6O.H2S/c1-10(24-17(26)12-4-13(18)6-14(19)5-12)16-22-9-23-25(16)15-3-2-11(7-20)8-21-15;/h2-6,8-10H,1H3,(H,24,26);1H2/t10-;/m0./s1. The van der Waals surface area contributed by atoms with Gasteiger partial charge in [-0.3, -0.25) is 4.79 Å². The zero-order chi connectivity index (χ0) is 18.7. The third-order valence-corrected chi connectivity index (χ3v) is 3.96. The summed E-state index contributed by atoms with van der Waals surface area (Å²) < 4.78 is 1.50. The van der Waals surface area contributed by atoms with Gasteiger partial charge in [0, 0.05) is 21.8 Å². The van der Waals surface area contributed by atoms with Crippen molar-refractivity contribution in [2.45, 2.75) is 13.0 Å². The van der Waals surface area contributed by atoms with Gasteiger partial charge in [0.25, 0.3) is 5.91 Å². The largest absolute Gasteiger partial charge is 0.342 e. The van der Waals surface area contributed by atoms with E-state index in [0.717, 1.165) is 0 Å². The first-order valence-corrected chi connectivity index (χ1v) is 8.27. The molecule has 3 aromatic rings. The van der Waals surface area contributed by atoms with Crippen LogP contribution in [0.2, 0.25) is 10.0 Å². The van der Waals surface area contributed by atoms with Crippen LogP contribution in [0, 0.1) is 11.3 Å². The normalized spacial score (nSPS) is 11.2. The van der Waals surface area contributed by atoms with E-state index in [-0.39, 0.29) is 19.4 Å². The van der Waals surface area contributed by atoms with Gasteiger partial charge in [0.05, 0.1) is 11.6 Å². The van der Waals surface area contributed by atoms with Crippen LogP contribution in [-0.2, 0) is 0 Å². The summed E-state index contributed by atoms with van der Waals surface area (Å²) in [5.74, 6) is 0.635. The third kappa shape index (κ3) is 4.77. The molecule has 7 nitrogen and oxygen atoms in total. The summed E-state index contributed by atoms with van der Waals surface area (Å²) in [5.41, 5.74) is 0.784. The van der Waals surface area contributed by atoms with Crippen LogP contribution in [0.3, 0.4) is 0 Å². The zero-order valence-corrected chi connectivity index (χ0v) is 16.5. The topological polar surface area (TPSA) is 96.5 Å². The minimum Gasteiger partial charge on any atom is -0.342 e. The van der Waals surface area contributed by atoms with Gasteiger partial charge in [0.2, 0.25) is 0 Å². The first-order chi connectivity index (χ1) is 12.5. The van der Waals surface area contributed by atoms with Crippen LogP contribution in [-0.4, -0.2) is 25.7 Å². The number of pyridine rings is 1. The number of nitrogens with zero attached hydrogens (tertiary/aromatic N) is 5. The molecule has 10 heteroatoms. The number of halogens is 2. The van der Waals surface area contributed by atoms with Gasteiger partial charge in [0.15, 0.2) is 11.6 Å². The van der Waals surface area contributed by atoms with Gasteiger partial charge in [-0.15, -0.1) is 0 Å². The van der Waals surface area contributed by atoms with Crippen molar-refractivity contribution in [2.75, 3.05) is 0 Å². The number of amides is 1. The average molecular weight is 421 g/mol. The summed E-state index contributed by atoms with van der Waals surface area (Å²) in [6.45, 7) is 1.77. The smallest absolute Gasteiger partial charge is 0.251 e. The predicted octanol–water partition coefficient (Wildman–Crippen LogP) is 3.44. The Morgan fingerprint density at radius 3 is 2.52 bits per heavy atom. The number of benzene rings is 1. The molecule has 1 amide bonds. The molecule has 0 aliphatic heterocycles. The van der Waals surface area contributed by atoms with E-state index >= 15 is 0 Å². The molecule has 0 bridgehead atoms. The van der Waals surface area contributed by atoms with Gasteiger partial charge < -0.3 is 5.32 Å². The number of hydrogen-bond acceptors (Lipinski definition) is 5. The third-order valence-electron chi connectivity index (χ3n) is 3.53. The molecule has 0 fully saturated rings. The summed E-state index contributed by atoms with van der Waals surface area (Å²) in [6.07, 6.45) is 2.81. The Hall–Kier alpha value is -2.60. The molecular weight excluding hydrogens is 407 g/mol. The van der Waals surface area contributed by atoms with E-state index < -0.39 is 6.04 Å². The molecule has 0 unspecified atom stereocenters. The lowest BCUT2D eigenvalue weighted by molar-refractivity contribution is 0.0938. The summed E-state index contributed by atoms with van der Waals surface area (Å²) >= 11 is 11.9. The predicted molar refractivity (Wildman–Crippen MR) is 107 cm³/mol. The zero-order valence-electron chi connectivity index (χ0n) is 14.0. The van der Waals surface area contributed by atoms with Gasteiger partial charge in [-0.1, -0.05) is 23.2 Å². The van der Waals surface area contributed by atoms with Crippen molar-refractivity contribution in [2.24, 2.45) is 0 Å². The van der Waals surface area contributed by atoms with Crippen molar-refractivity contribution in [3.63, 3.8) is 0 Å². The number of carbonyl (C=O) groups excluding carboxylic acids is 1. The number of nitriles is 1. The fourth-order valence-electron chi connectivity index (χ4n) is 2.33. The SMILES string of the molecule is C[C@H](NC(=O)c1cc(Cl)cc(Cl)c1)c1ncnn1-c1ccc(C#N)cn1.S. The van der Waals surface area contributed by atoms with E-state index in [4.69, 9.17) is 28.5 Å². The van der Waals surface area contributed by atoms with E-state index in [9.17, 15) is 4.79 Å². The highest BCUT2D eigenvalue weighted by molar-refractivity contribution is 7.59. The van der Waals surface area contributed by atoms with Crippen molar-refractivity contribution in [3.8, 4) is 11.9 Å². The second kappa shape index (κ2) is 8.86. The molecule has 2 heterocycles. The van der Waals surface area contributed by atoms with Crippen molar-refractivity contribution >= 4 is 42.6 Å². The van der Waals surface area contributed by atoms with Crippen molar-refractivity contribution < 1.29 is 4.79 Å². The molecule has 0 radical (unpaired) electrons. The monoisotopic (exact) mass is 420 g/mol. The number of aromatic nitrogens is 4. The quantitative estimate of drug-likeness (QED) is 0.696. The van der Waals surface area contributed by atoms with Gasteiger partial charge in [-0.05, 0) is 37.3 Å². The van der Waals surface area contributed by atoms with Gasteiger partial charge in [-0.25, -0.2) is 9.97 Å². The van der Waals surface area contributed by atoms with Gasteiger partial charge in [0.1, 0.15) is 12.4 Å². The fraction of sp³-hybridized carbons (Fsp3) is 0.118. The van der Waals surface area contributed by atoms with Crippen LogP contribution >= 0.6 is 36.7 Å². The molecule has 0 aliphatic carbocycles. The van der Waals surface area contributed by atoms with E-state index in [1.165, 1.54) is 29.3 Å². The van der Waals surface area contributed by atoms with Gasteiger partial charge >= 0.3 is 0 Å². The summed E-state index contributed by atoms with van der Waals surface area (Å²) in [4.78, 5) is 20.8. The van der Waals surface area contributed by atoms with Crippen LogP contribution < -0.4 is 5.32 Å². The first kappa shape index (κ1) is 20.7. The van der Waals surface area contributed by atoms with Gasteiger partial charge in [-0.2, -0.15) is 28.5 Å². The average Bonchev–Trinajstić information content (AvgIpc) is 3.10. The van der Waals surface area contributed by atoms with E-state index in [0.29, 0.717) is 32.8 Å². The van der Waals surface area contributed by atoms with Crippen LogP contribution in [0.15, 0.2) is 42.9 Å². The highest BCUT2D eigenvalue weighted by Crippen LogP contribution is 2.20. The molecule has 0 saturated heterocycles.